The molecule has 10 aromatic carbocycles. The lowest BCUT2D eigenvalue weighted by Crippen LogP contribution is -2.31. The zero-order valence-electron chi connectivity index (χ0n) is 52.0. The molecule has 10 aromatic rings. The molecule has 0 spiro atoms. The van der Waals surface area contributed by atoms with Gasteiger partial charge < -0.3 is 19.3 Å². The quantitative estimate of drug-likeness (QED) is 0.0848. The lowest BCUT2D eigenvalue weighted by Gasteiger charge is -2.26. The standard InChI is InChI=1S/C53H42N2O7.C23H14N2O5.CH3Cl/c1-32-9-11-33(12-10-32)52(2,3)35-15-21-40(22-16-35)61-42-25-27-44-46(30-42)50(59)54(48(44)57)37-7-6-8-38(29-37)55-49(58)45-28-26-43(31-47(45)51(55)60)62-41-23-17-36(18-24-41)53(4,5)34-13-19-39(56)20-14-34;1-30-15-9-10-18-19(12-15)23(29)25(22(18)28)14-6-4-5-13(11-14)24-20(26)16-7-2-3-8-17(16)21(24)27;1-2/h6-31,56H,1-5H3;2-12H,1H3;1H3. The summed E-state index contributed by atoms with van der Waals surface area (Å²) in [5, 5.41) is 9.72. The summed E-state index contributed by atoms with van der Waals surface area (Å²) >= 11 is 4.64. The molecule has 1 N–H and O–H groups in total. The number of fused-ring (bicyclic) bond motifs is 4. The molecule has 0 saturated heterocycles. The molecule has 8 amide bonds. The Morgan fingerprint density at radius 3 is 0.904 bits per heavy atom. The van der Waals surface area contributed by atoms with Crippen LogP contribution in [-0.4, -0.2) is 65.9 Å². The van der Waals surface area contributed by atoms with Crippen molar-refractivity contribution in [3.8, 4) is 34.5 Å². The summed E-state index contributed by atoms with van der Waals surface area (Å²) in [6.07, 6.45) is 1.47. The number of rotatable bonds is 13. The number of hydrogen-bond acceptors (Lipinski definition) is 12. The summed E-state index contributed by atoms with van der Waals surface area (Å²) in [5.41, 5.74) is 7.93. The van der Waals surface area contributed by atoms with Crippen LogP contribution in [0.1, 0.15) is 138 Å². The molecule has 0 bridgehead atoms. The fraction of sp³-hybridized carbons (Fsp3) is 0.117. The summed E-state index contributed by atoms with van der Waals surface area (Å²) in [6, 6.07) is 64.3. The fourth-order valence-electron chi connectivity index (χ4n) is 11.9. The van der Waals surface area contributed by atoms with Crippen LogP contribution in [0.15, 0.2) is 224 Å². The number of carbonyl (C=O) groups is 8. The Kier molecular flexibility index (Phi) is 16.5. The molecule has 0 aliphatic carbocycles. The maximum absolute atomic E-state index is 13.9. The first-order chi connectivity index (χ1) is 45.2. The second-order valence-corrected chi connectivity index (χ2v) is 23.6. The van der Waals surface area contributed by atoms with Crippen molar-refractivity contribution in [2.75, 3.05) is 33.1 Å². The van der Waals surface area contributed by atoms with Gasteiger partial charge in [-0.05, 0) is 169 Å². The van der Waals surface area contributed by atoms with Crippen molar-refractivity contribution >= 4 is 81.6 Å². The maximum Gasteiger partial charge on any atom is 0.266 e. The highest BCUT2D eigenvalue weighted by molar-refractivity contribution is 6.38. The third kappa shape index (κ3) is 11.2. The summed E-state index contributed by atoms with van der Waals surface area (Å²) in [5.74, 6) is -1.47. The normalized spacial score (nSPS) is 13.9. The number of imide groups is 4. The summed E-state index contributed by atoms with van der Waals surface area (Å²) in [7, 11) is 1.48. The molecule has 14 rings (SSSR count). The number of aryl methyl sites for hydroxylation is 1. The summed E-state index contributed by atoms with van der Waals surface area (Å²) < 4.78 is 17.4. The Bertz CT molecular complexity index is 4540. The number of benzene rings is 10. The Hall–Kier alpha value is -11.8. The van der Waals surface area contributed by atoms with Crippen LogP contribution in [0.25, 0.3) is 0 Å². The largest absolute Gasteiger partial charge is 0.508 e. The number of amides is 8. The molecule has 4 heterocycles. The number of nitrogens with zero attached hydrogens (tertiary/aromatic N) is 4. The van der Waals surface area contributed by atoms with E-state index in [-0.39, 0.29) is 72.7 Å². The number of carbonyl (C=O) groups excluding carboxylic acids is 8. The number of methoxy groups -OCH3 is 1. The summed E-state index contributed by atoms with van der Waals surface area (Å²) in [4.78, 5) is 111. The predicted molar refractivity (Wildman–Crippen MR) is 358 cm³/mol. The second-order valence-electron chi connectivity index (χ2n) is 23.6. The number of anilines is 4. The number of phenols is 1. The van der Waals surface area contributed by atoms with Crippen molar-refractivity contribution in [1.29, 1.82) is 0 Å². The molecule has 0 aromatic heterocycles. The molecule has 466 valence electrons. The van der Waals surface area contributed by atoms with Gasteiger partial charge in [0.2, 0.25) is 0 Å². The van der Waals surface area contributed by atoms with Crippen LogP contribution in [0.3, 0.4) is 0 Å². The van der Waals surface area contributed by atoms with Crippen LogP contribution >= 0.6 is 11.6 Å². The molecule has 16 nitrogen and oxygen atoms in total. The van der Waals surface area contributed by atoms with E-state index >= 15 is 0 Å². The van der Waals surface area contributed by atoms with E-state index in [1.165, 1.54) is 48.9 Å². The Labute approximate surface area is 546 Å². The highest BCUT2D eigenvalue weighted by Gasteiger charge is 2.42. The SMILES string of the molecule is CCl.COc1ccc2c(c1)C(=O)N(c1cccc(N3C(=O)c4ccccc4C3=O)c1)C2=O.Cc1ccc(C(C)(C)c2ccc(Oc3ccc4c(c3)C(=O)N(c3cccc(N5C(=O)c6ccc(Oc7ccc(C(C)(C)c8ccc(O)cc8)cc7)cc6C5=O)c3)C4=O)cc2)cc1. The van der Waals surface area contributed by atoms with E-state index in [2.05, 4.69) is 70.5 Å². The van der Waals surface area contributed by atoms with E-state index in [0.717, 1.165) is 36.3 Å². The molecule has 0 saturated carbocycles. The maximum atomic E-state index is 13.9. The Morgan fingerprint density at radius 1 is 0.309 bits per heavy atom. The van der Waals surface area contributed by atoms with E-state index in [1.54, 1.807) is 115 Å². The molecule has 0 radical (unpaired) electrons. The average Bonchev–Trinajstić information content (AvgIpc) is 1.60. The third-order valence-electron chi connectivity index (χ3n) is 17.3. The molecule has 17 heteroatoms. The van der Waals surface area contributed by atoms with Gasteiger partial charge in [-0.3, -0.25) is 38.4 Å². The van der Waals surface area contributed by atoms with Gasteiger partial charge in [0.05, 0.1) is 74.4 Å². The Morgan fingerprint density at radius 2 is 0.574 bits per heavy atom. The van der Waals surface area contributed by atoms with E-state index in [1.807, 2.05) is 60.7 Å². The number of hydrogen-bond donors (Lipinski definition) is 1. The number of alkyl halides is 1. The number of phenolic OH excluding ortho intramolecular Hbond substituents is 1. The molecule has 4 aliphatic rings. The van der Waals surface area contributed by atoms with Gasteiger partial charge in [0.1, 0.15) is 34.5 Å². The zero-order chi connectivity index (χ0) is 66.5. The van der Waals surface area contributed by atoms with Crippen LogP contribution in [0.2, 0.25) is 0 Å². The van der Waals surface area contributed by atoms with Gasteiger partial charge >= 0.3 is 0 Å². The molecule has 94 heavy (non-hydrogen) atoms. The lowest BCUT2D eigenvalue weighted by molar-refractivity contribution is 0.0908. The number of ether oxygens (including phenoxy) is 3. The topological polar surface area (TPSA) is 197 Å². The van der Waals surface area contributed by atoms with Crippen molar-refractivity contribution in [1.82, 2.24) is 0 Å². The highest BCUT2D eigenvalue weighted by atomic mass is 35.5. The van der Waals surface area contributed by atoms with Gasteiger partial charge in [-0.15, -0.1) is 11.6 Å². The molecule has 4 aliphatic heterocycles. The first-order valence-electron chi connectivity index (χ1n) is 29.8. The minimum absolute atomic E-state index is 0.167. The monoisotopic (exact) mass is 1270 g/mol. The fourth-order valence-corrected chi connectivity index (χ4v) is 11.9. The van der Waals surface area contributed by atoms with Crippen molar-refractivity contribution < 1.29 is 57.7 Å². The summed E-state index contributed by atoms with van der Waals surface area (Å²) in [6.45, 7) is 10.6. The van der Waals surface area contributed by atoms with E-state index in [9.17, 15) is 43.5 Å². The first-order valence-corrected chi connectivity index (χ1v) is 30.6. The minimum atomic E-state index is -0.561. The molecule has 0 unspecified atom stereocenters. The van der Waals surface area contributed by atoms with Crippen molar-refractivity contribution in [3.05, 3.63) is 297 Å². The van der Waals surface area contributed by atoms with Gasteiger partial charge in [0.25, 0.3) is 47.3 Å². The van der Waals surface area contributed by atoms with Crippen molar-refractivity contribution in [3.63, 3.8) is 0 Å². The van der Waals surface area contributed by atoms with Crippen LogP contribution in [0, 0.1) is 6.92 Å². The first kappa shape index (κ1) is 62.4. The van der Waals surface area contributed by atoms with E-state index < -0.39 is 47.3 Å². The van der Waals surface area contributed by atoms with Crippen LogP contribution in [0.4, 0.5) is 22.7 Å². The van der Waals surface area contributed by atoms with Crippen LogP contribution in [-0.2, 0) is 10.8 Å². The van der Waals surface area contributed by atoms with Crippen molar-refractivity contribution in [2.24, 2.45) is 0 Å². The van der Waals surface area contributed by atoms with Gasteiger partial charge in [-0.2, -0.15) is 0 Å². The Balaban J connectivity index is 0.000000220. The molecule has 0 atom stereocenters. The van der Waals surface area contributed by atoms with Crippen LogP contribution in [0.5, 0.6) is 34.5 Å². The van der Waals surface area contributed by atoms with Crippen molar-refractivity contribution in [2.45, 2.75) is 45.4 Å². The smallest absolute Gasteiger partial charge is 0.266 e. The molecular weight excluding hydrogens is 1210 g/mol. The minimum Gasteiger partial charge on any atom is -0.508 e. The predicted octanol–water partition coefficient (Wildman–Crippen LogP) is 15.7. The van der Waals surface area contributed by atoms with E-state index in [4.69, 9.17) is 14.2 Å². The number of aromatic hydroxyl groups is 1. The number of halogens is 1. The average molecular weight is 1270 g/mol. The van der Waals surface area contributed by atoms with Gasteiger partial charge in [0.15, 0.2) is 0 Å². The van der Waals surface area contributed by atoms with Gasteiger partial charge in [-0.1, -0.05) is 118 Å². The van der Waals surface area contributed by atoms with Crippen LogP contribution < -0.4 is 33.8 Å². The second kappa shape index (κ2) is 24.8. The third-order valence-corrected chi connectivity index (χ3v) is 17.3. The molecule has 0 fully saturated rings. The highest BCUT2D eigenvalue weighted by Crippen LogP contribution is 2.41. The van der Waals surface area contributed by atoms with Gasteiger partial charge in [-0.25, -0.2) is 19.6 Å². The lowest BCUT2D eigenvalue weighted by atomic mass is 9.78. The van der Waals surface area contributed by atoms with Gasteiger partial charge in [0, 0.05) is 17.2 Å². The zero-order valence-corrected chi connectivity index (χ0v) is 52.7. The molecular formula is C77H59ClN4O12. The van der Waals surface area contributed by atoms with E-state index in [0.29, 0.717) is 39.9 Å².